The predicted molar refractivity (Wildman–Crippen MR) is 79.3 cm³/mol. The van der Waals surface area contributed by atoms with E-state index in [0.717, 1.165) is 17.7 Å². The average molecular weight is 287 g/mol. The number of carboxylic acid groups (broad SMARTS) is 1. The zero-order chi connectivity index (χ0) is 15.3. The van der Waals surface area contributed by atoms with Crippen LogP contribution in [0.25, 0.3) is 10.9 Å². The lowest BCUT2D eigenvalue weighted by molar-refractivity contribution is 0.0697. The van der Waals surface area contributed by atoms with Gasteiger partial charge in [-0.2, -0.15) is 0 Å². The van der Waals surface area contributed by atoms with E-state index in [2.05, 4.69) is 13.8 Å². The van der Waals surface area contributed by atoms with Crippen LogP contribution in [0.1, 0.15) is 53.4 Å². The zero-order valence-electron chi connectivity index (χ0n) is 12.4. The van der Waals surface area contributed by atoms with Gasteiger partial charge in [-0.05, 0) is 48.9 Å². The minimum Gasteiger partial charge on any atom is -0.478 e. The molecule has 1 aromatic carbocycles. The first-order valence-electron chi connectivity index (χ1n) is 7.26. The summed E-state index contributed by atoms with van der Waals surface area (Å²) >= 11 is 0. The monoisotopic (exact) mass is 287 g/mol. The van der Waals surface area contributed by atoms with Crippen molar-refractivity contribution in [2.75, 3.05) is 0 Å². The fourth-order valence-electron chi connectivity index (χ4n) is 3.32. The van der Waals surface area contributed by atoms with E-state index >= 15 is 0 Å². The minimum atomic E-state index is -0.995. The summed E-state index contributed by atoms with van der Waals surface area (Å²) in [5.74, 6) is -0.711. The molecule has 2 unspecified atom stereocenters. The summed E-state index contributed by atoms with van der Waals surface area (Å²) in [5.41, 5.74) is 3.17. The van der Waals surface area contributed by atoms with Gasteiger partial charge in [-0.25, -0.2) is 9.18 Å². The zero-order valence-corrected chi connectivity index (χ0v) is 12.4. The number of aryl methyl sites for hydroxylation is 1. The van der Waals surface area contributed by atoms with Gasteiger partial charge in [0.05, 0.1) is 11.1 Å². The van der Waals surface area contributed by atoms with Gasteiger partial charge in [0.1, 0.15) is 5.82 Å². The van der Waals surface area contributed by atoms with Crippen LogP contribution in [0.5, 0.6) is 0 Å². The van der Waals surface area contributed by atoms with Crippen LogP contribution >= 0.6 is 0 Å². The van der Waals surface area contributed by atoms with E-state index < -0.39 is 11.8 Å². The Hall–Kier alpha value is -1.97. The Morgan fingerprint density at radius 2 is 2.10 bits per heavy atom. The SMILES string of the molecule is Cc1cc(F)cc2c(C(=O)O)c3c(nc12)C(C)C(C)CC3. The summed E-state index contributed by atoms with van der Waals surface area (Å²) < 4.78 is 13.7. The molecular formula is C17H18FNO2. The standard InChI is InChI=1S/C17H18FNO2/c1-8-4-5-12-14(17(20)21)13-7-11(18)6-9(2)15(13)19-16(12)10(8)3/h6-8,10H,4-5H2,1-3H3,(H,20,21). The Labute approximate surface area is 122 Å². The maximum atomic E-state index is 13.7. The first kappa shape index (κ1) is 14.0. The number of pyridine rings is 1. The molecule has 2 atom stereocenters. The van der Waals surface area contributed by atoms with Crippen molar-refractivity contribution in [1.82, 2.24) is 4.98 Å². The number of halogens is 1. The molecule has 1 aliphatic rings. The number of aromatic nitrogens is 1. The van der Waals surface area contributed by atoms with Gasteiger partial charge in [0.2, 0.25) is 0 Å². The average Bonchev–Trinajstić information content (AvgIpc) is 2.41. The Morgan fingerprint density at radius 1 is 1.38 bits per heavy atom. The molecule has 0 amide bonds. The lowest BCUT2D eigenvalue weighted by atomic mass is 9.77. The Balaban J connectivity index is 2.44. The maximum absolute atomic E-state index is 13.7. The van der Waals surface area contributed by atoms with Crippen molar-refractivity contribution in [2.45, 2.75) is 39.5 Å². The number of hydrogen-bond donors (Lipinski definition) is 1. The molecule has 1 aliphatic carbocycles. The molecule has 0 spiro atoms. The second-order valence-electron chi connectivity index (χ2n) is 6.08. The third-order valence-electron chi connectivity index (χ3n) is 4.73. The van der Waals surface area contributed by atoms with Crippen LogP contribution in [0, 0.1) is 18.7 Å². The summed E-state index contributed by atoms with van der Waals surface area (Å²) in [5, 5.41) is 10.0. The maximum Gasteiger partial charge on any atom is 0.336 e. The van der Waals surface area contributed by atoms with E-state index in [4.69, 9.17) is 4.98 Å². The molecule has 1 N–H and O–H groups in total. The van der Waals surface area contributed by atoms with Gasteiger partial charge in [0.15, 0.2) is 0 Å². The number of benzene rings is 1. The molecular weight excluding hydrogens is 269 g/mol. The van der Waals surface area contributed by atoms with Crippen LogP contribution < -0.4 is 0 Å². The van der Waals surface area contributed by atoms with E-state index in [0.29, 0.717) is 28.8 Å². The molecule has 21 heavy (non-hydrogen) atoms. The summed E-state index contributed by atoms with van der Waals surface area (Å²) in [6, 6.07) is 2.70. The van der Waals surface area contributed by atoms with Gasteiger partial charge in [-0.1, -0.05) is 13.8 Å². The van der Waals surface area contributed by atoms with Crippen molar-refractivity contribution in [3.05, 3.63) is 40.3 Å². The van der Waals surface area contributed by atoms with Crippen molar-refractivity contribution in [2.24, 2.45) is 5.92 Å². The highest BCUT2D eigenvalue weighted by Gasteiger charge is 2.30. The quantitative estimate of drug-likeness (QED) is 0.860. The smallest absolute Gasteiger partial charge is 0.336 e. The van der Waals surface area contributed by atoms with Crippen molar-refractivity contribution in [3.8, 4) is 0 Å². The molecule has 0 radical (unpaired) electrons. The molecule has 2 aromatic rings. The normalized spacial score (nSPS) is 21.3. The van der Waals surface area contributed by atoms with Crippen LogP contribution in [-0.2, 0) is 6.42 Å². The van der Waals surface area contributed by atoms with E-state index in [1.54, 1.807) is 6.92 Å². The van der Waals surface area contributed by atoms with Crippen LogP contribution in [0.3, 0.4) is 0 Å². The Kier molecular flexibility index (Phi) is 3.19. The van der Waals surface area contributed by atoms with Gasteiger partial charge in [-0.3, -0.25) is 4.98 Å². The van der Waals surface area contributed by atoms with Crippen LogP contribution in [-0.4, -0.2) is 16.1 Å². The molecule has 110 valence electrons. The molecule has 0 fully saturated rings. The van der Waals surface area contributed by atoms with E-state index in [1.807, 2.05) is 0 Å². The van der Waals surface area contributed by atoms with Crippen LogP contribution in [0.2, 0.25) is 0 Å². The summed E-state index contributed by atoms with van der Waals surface area (Å²) in [6.07, 6.45) is 1.64. The molecule has 0 aliphatic heterocycles. The topological polar surface area (TPSA) is 50.2 Å². The lowest BCUT2D eigenvalue weighted by Crippen LogP contribution is -2.21. The molecule has 3 rings (SSSR count). The fourth-order valence-corrected chi connectivity index (χ4v) is 3.32. The number of hydrogen-bond acceptors (Lipinski definition) is 2. The molecule has 0 saturated carbocycles. The minimum absolute atomic E-state index is 0.223. The summed E-state index contributed by atoms with van der Waals surface area (Å²) in [6.45, 7) is 6.02. The van der Waals surface area contributed by atoms with Crippen molar-refractivity contribution >= 4 is 16.9 Å². The first-order valence-corrected chi connectivity index (χ1v) is 7.26. The van der Waals surface area contributed by atoms with E-state index in [9.17, 15) is 14.3 Å². The second kappa shape index (κ2) is 4.79. The van der Waals surface area contributed by atoms with Gasteiger partial charge < -0.3 is 5.11 Å². The van der Waals surface area contributed by atoms with E-state index in [1.165, 1.54) is 12.1 Å². The lowest BCUT2D eigenvalue weighted by Gasteiger charge is -2.29. The van der Waals surface area contributed by atoms with Gasteiger partial charge >= 0.3 is 5.97 Å². The number of carboxylic acids is 1. The molecule has 0 saturated heterocycles. The van der Waals surface area contributed by atoms with Crippen LogP contribution in [0.15, 0.2) is 12.1 Å². The number of fused-ring (bicyclic) bond motifs is 2. The third kappa shape index (κ3) is 2.09. The van der Waals surface area contributed by atoms with Crippen molar-refractivity contribution in [1.29, 1.82) is 0 Å². The van der Waals surface area contributed by atoms with Crippen molar-refractivity contribution in [3.63, 3.8) is 0 Å². The molecule has 4 heteroatoms. The first-order chi connectivity index (χ1) is 9.90. The summed E-state index contributed by atoms with van der Waals surface area (Å²) in [4.78, 5) is 16.4. The fraction of sp³-hybridized carbons (Fsp3) is 0.412. The number of aromatic carboxylic acids is 1. The third-order valence-corrected chi connectivity index (χ3v) is 4.73. The highest BCUT2D eigenvalue weighted by atomic mass is 19.1. The molecule has 0 bridgehead atoms. The number of rotatable bonds is 1. The van der Waals surface area contributed by atoms with Crippen molar-refractivity contribution < 1.29 is 14.3 Å². The van der Waals surface area contributed by atoms with E-state index in [-0.39, 0.29) is 11.5 Å². The van der Waals surface area contributed by atoms with Gasteiger partial charge in [-0.15, -0.1) is 0 Å². The van der Waals surface area contributed by atoms with Gasteiger partial charge in [0.25, 0.3) is 0 Å². The van der Waals surface area contributed by atoms with Crippen LogP contribution in [0.4, 0.5) is 4.39 Å². The highest BCUT2D eigenvalue weighted by Crippen LogP contribution is 2.39. The molecule has 3 nitrogen and oxygen atoms in total. The number of carbonyl (C=O) groups is 1. The molecule has 1 heterocycles. The molecule has 1 aromatic heterocycles. The highest BCUT2D eigenvalue weighted by molar-refractivity contribution is 6.05. The van der Waals surface area contributed by atoms with Gasteiger partial charge in [0, 0.05) is 17.0 Å². The summed E-state index contributed by atoms with van der Waals surface area (Å²) in [7, 11) is 0. The largest absolute Gasteiger partial charge is 0.478 e. The Bertz CT molecular complexity index is 754. The number of nitrogens with zero attached hydrogens (tertiary/aromatic N) is 1. The Morgan fingerprint density at radius 3 is 2.76 bits per heavy atom. The predicted octanol–water partition coefficient (Wildman–Crippen LogP) is 4.07. The second-order valence-corrected chi connectivity index (χ2v) is 6.08.